The number of aliphatic hydroxyl groups is 1. The lowest BCUT2D eigenvalue weighted by atomic mass is 9.75. The van der Waals surface area contributed by atoms with Crippen molar-refractivity contribution in [3.63, 3.8) is 0 Å². The van der Waals surface area contributed by atoms with Crippen molar-refractivity contribution in [1.82, 2.24) is 10.2 Å². The fourth-order valence-corrected chi connectivity index (χ4v) is 7.71. The molecule has 4 N–H and O–H groups in total. The highest BCUT2D eigenvalue weighted by Gasteiger charge is 2.44. The summed E-state index contributed by atoms with van der Waals surface area (Å²) in [5, 5.41) is 12.9. The molecule has 6 atom stereocenters. The second-order valence-electron chi connectivity index (χ2n) is 14.5. The fourth-order valence-electron chi connectivity index (χ4n) is 7.71. The molecule has 3 aromatic carbocycles. The number of carbonyl (C=O) groups excluding carboxylic acids is 1. The second-order valence-corrected chi connectivity index (χ2v) is 14.5. The van der Waals surface area contributed by atoms with Crippen molar-refractivity contribution in [3.05, 3.63) is 95.1 Å². The molecule has 1 amide bonds. The number of benzene rings is 3. The molecule has 6 rings (SSSR count). The van der Waals surface area contributed by atoms with Crippen molar-refractivity contribution < 1.29 is 19.4 Å². The Labute approximate surface area is 274 Å². The van der Waals surface area contributed by atoms with Gasteiger partial charge >= 0.3 is 0 Å². The van der Waals surface area contributed by atoms with Crippen LogP contribution in [0, 0.1) is 5.92 Å². The first-order valence-corrected chi connectivity index (χ1v) is 17.2. The number of amides is 1. The molecule has 3 aliphatic rings. The first-order chi connectivity index (χ1) is 22.2. The van der Waals surface area contributed by atoms with Gasteiger partial charge in [-0.1, -0.05) is 79.6 Å². The number of ether oxygens (including phenoxy) is 2. The minimum Gasteiger partial charge on any atom is -0.392 e. The summed E-state index contributed by atoms with van der Waals surface area (Å²) in [6.07, 6.45) is 6.72. The predicted molar refractivity (Wildman–Crippen MR) is 182 cm³/mol. The Morgan fingerprint density at radius 3 is 2.35 bits per heavy atom. The largest absolute Gasteiger partial charge is 0.392 e. The maximum absolute atomic E-state index is 13.7. The Balaban J connectivity index is 1.28. The van der Waals surface area contributed by atoms with Crippen molar-refractivity contribution in [2.24, 2.45) is 11.7 Å². The molecular weight excluding hydrogens is 574 g/mol. The van der Waals surface area contributed by atoms with Crippen LogP contribution in [0.5, 0.6) is 0 Å². The van der Waals surface area contributed by atoms with Crippen molar-refractivity contribution in [3.8, 4) is 11.1 Å². The van der Waals surface area contributed by atoms with Gasteiger partial charge in [0.25, 0.3) is 0 Å². The van der Waals surface area contributed by atoms with E-state index in [1.165, 1.54) is 19.3 Å². The van der Waals surface area contributed by atoms with Gasteiger partial charge in [0.1, 0.15) is 0 Å². The maximum Gasteiger partial charge on any atom is 0.237 e. The number of hydrogen-bond acceptors (Lipinski definition) is 6. The smallest absolute Gasteiger partial charge is 0.237 e. The number of nitrogens with one attached hydrogen (secondary N) is 1. The molecule has 246 valence electrons. The molecule has 2 aliphatic heterocycles. The quantitative estimate of drug-likeness (QED) is 0.255. The second kappa shape index (κ2) is 14.4. The number of nitrogens with two attached hydrogens (primary N) is 1. The molecule has 7 heteroatoms. The summed E-state index contributed by atoms with van der Waals surface area (Å²) < 4.78 is 13.5. The molecule has 2 saturated heterocycles. The summed E-state index contributed by atoms with van der Waals surface area (Å²) in [5.41, 5.74) is 11.9. The maximum atomic E-state index is 13.7. The number of carbonyl (C=O) groups is 1. The Morgan fingerprint density at radius 1 is 0.891 bits per heavy atom. The summed E-state index contributed by atoms with van der Waals surface area (Å²) in [7, 11) is 0. The zero-order chi connectivity index (χ0) is 32.3. The Hall–Kier alpha value is -3.07. The fraction of sp³-hybridized carbons (Fsp3) is 0.513. The summed E-state index contributed by atoms with van der Waals surface area (Å²) in [5.74, 6) is 0.765. The Kier molecular flexibility index (Phi) is 10.3. The molecule has 1 saturated carbocycles. The molecule has 0 spiro atoms. The molecule has 6 unspecified atom stereocenters. The Bertz CT molecular complexity index is 1450. The molecule has 0 aromatic heterocycles. The zero-order valence-corrected chi connectivity index (χ0v) is 27.7. The van der Waals surface area contributed by atoms with Crippen molar-refractivity contribution >= 4 is 5.91 Å². The highest BCUT2D eigenvalue weighted by atomic mass is 16.7. The Morgan fingerprint density at radius 2 is 1.63 bits per heavy atom. The lowest BCUT2D eigenvalue weighted by molar-refractivity contribution is -0.255. The third kappa shape index (κ3) is 7.72. The summed E-state index contributed by atoms with van der Waals surface area (Å²) in [6.45, 7) is 7.38. The van der Waals surface area contributed by atoms with Crippen LogP contribution >= 0.6 is 0 Å². The molecule has 0 radical (unpaired) electrons. The minimum absolute atomic E-state index is 0.0102. The molecule has 2 heterocycles. The summed E-state index contributed by atoms with van der Waals surface area (Å²) in [6, 6.07) is 25.0. The third-order valence-electron chi connectivity index (χ3n) is 10.0. The van der Waals surface area contributed by atoms with E-state index in [0.717, 1.165) is 52.6 Å². The van der Waals surface area contributed by atoms with Crippen LogP contribution in [0.15, 0.2) is 72.8 Å². The van der Waals surface area contributed by atoms with Gasteiger partial charge in [0.05, 0.1) is 24.9 Å². The van der Waals surface area contributed by atoms with E-state index in [1.54, 1.807) is 0 Å². The lowest BCUT2D eigenvalue weighted by Gasteiger charge is -2.50. The van der Waals surface area contributed by atoms with Gasteiger partial charge in [-0.25, -0.2) is 0 Å². The first kappa shape index (κ1) is 32.9. The van der Waals surface area contributed by atoms with E-state index in [1.807, 2.05) is 24.3 Å². The van der Waals surface area contributed by atoms with E-state index < -0.39 is 6.29 Å². The van der Waals surface area contributed by atoms with E-state index in [4.69, 9.17) is 15.2 Å². The first-order valence-electron chi connectivity index (χ1n) is 17.2. The van der Waals surface area contributed by atoms with Crippen molar-refractivity contribution in [2.75, 3.05) is 6.54 Å². The number of hydrogen-bond donors (Lipinski definition) is 3. The van der Waals surface area contributed by atoms with E-state index >= 15 is 0 Å². The average Bonchev–Trinajstić information content (AvgIpc) is 3.07. The molecule has 1 aliphatic carbocycles. The summed E-state index contributed by atoms with van der Waals surface area (Å²) >= 11 is 0. The van der Waals surface area contributed by atoms with Crippen LogP contribution < -0.4 is 11.1 Å². The van der Waals surface area contributed by atoms with Gasteiger partial charge in [0.2, 0.25) is 5.91 Å². The predicted octanol–water partition coefficient (Wildman–Crippen LogP) is 6.79. The average molecular weight is 626 g/mol. The van der Waals surface area contributed by atoms with Crippen LogP contribution in [0.25, 0.3) is 11.1 Å². The number of nitrogens with zero attached hydrogens (tertiary/aromatic N) is 1. The third-order valence-corrected chi connectivity index (χ3v) is 10.0. The number of piperidine rings is 1. The SMILES string of the molecule is CC(C)(C)NC(=O)C1CCC2CCCCC2N1CC1CC(c2ccc(CO)cc2)OC(c2ccc(-c3cccc(CN)c3)cc2)O1. The molecule has 0 bridgehead atoms. The van der Waals surface area contributed by atoms with Crippen LogP contribution in [0.1, 0.15) is 100 Å². The van der Waals surface area contributed by atoms with Crippen LogP contribution in [0.4, 0.5) is 0 Å². The lowest BCUT2D eigenvalue weighted by Crippen LogP contribution is -2.61. The topological polar surface area (TPSA) is 97.1 Å². The van der Waals surface area contributed by atoms with Gasteiger partial charge in [-0.05, 0) is 86.3 Å². The van der Waals surface area contributed by atoms with Gasteiger partial charge in [-0.15, -0.1) is 0 Å². The number of aliphatic hydroxyl groups excluding tert-OH is 1. The number of likely N-dealkylation sites (tertiary alicyclic amines) is 1. The summed E-state index contributed by atoms with van der Waals surface area (Å²) in [4.78, 5) is 16.2. The molecule has 3 fully saturated rings. The van der Waals surface area contributed by atoms with Crippen molar-refractivity contribution in [1.29, 1.82) is 0 Å². The number of fused-ring (bicyclic) bond motifs is 1. The van der Waals surface area contributed by atoms with Gasteiger partial charge in [-0.2, -0.15) is 0 Å². The molecule has 7 nitrogen and oxygen atoms in total. The van der Waals surface area contributed by atoms with Gasteiger partial charge < -0.3 is 25.6 Å². The minimum atomic E-state index is -0.542. The van der Waals surface area contributed by atoms with E-state index in [2.05, 4.69) is 79.5 Å². The standard InChI is InChI=1S/C39H51N3O4/c1-39(2,3)41-37(44)35-20-19-29-8-4-5-10-34(29)42(35)24-33-22-36(30-13-11-26(25-43)12-14-30)46-38(45-33)31-17-15-28(16-18-31)32-9-6-7-27(21-32)23-40/h6-7,9,11-18,21,29,33-36,38,43H,4-5,8,10,19-20,22-25,40H2,1-3H3,(H,41,44). The van der Waals surface area contributed by atoms with E-state index in [9.17, 15) is 9.90 Å². The van der Waals surface area contributed by atoms with E-state index in [-0.39, 0.29) is 36.3 Å². The molecule has 3 aromatic rings. The highest BCUT2D eigenvalue weighted by molar-refractivity contribution is 5.82. The van der Waals surface area contributed by atoms with Crippen molar-refractivity contribution in [2.45, 2.75) is 115 Å². The highest BCUT2D eigenvalue weighted by Crippen LogP contribution is 2.42. The molecular formula is C39H51N3O4. The van der Waals surface area contributed by atoms with Crippen LogP contribution in [0.3, 0.4) is 0 Å². The van der Waals surface area contributed by atoms with Crippen LogP contribution in [-0.4, -0.2) is 46.2 Å². The van der Waals surface area contributed by atoms with E-state index in [0.29, 0.717) is 31.5 Å². The van der Waals surface area contributed by atoms with Crippen LogP contribution in [-0.2, 0) is 27.4 Å². The normalized spacial score (nSPS) is 27.2. The van der Waals surface area contributed by atoms with Crippen LogP contribution in [0.2, 0.25) is 0 Å². The van der Waals surface area contributed by atoms with Gasteiger partial charge in [0.15, 0.2) is 6.29 Å². The molecule has 46 heavy (non-hydrogen) atoms. The zero-order valence-electron chi connectivity index (χ0n) is 27.7. The van der Waals surface area contributed by atoms with Gasteiger partial charge in [0, 0.05) is 36.7 Å². The van der Waals surface area contributed by atoms with Gasteiger partial charge in [-0.3, -0.25) is 9.69 Å². The number of rotatable bonds is 8. The monoisotopic (exact) mass is 625 g/mol.